The average Bonchev–Trinajstić information content (AvgIpc) is 2.29. The molecule has 3 atom stereocenters. The summed E-state index contributed by atoms with van der Waals surface area (Å²) in [5.74, 6) is -0.405. The van der Waals surface area contributed by atoms with E-state index in [-0.39, 0.29) is 12.0 Å². The van der Waals surface area contributed by atoms with Gasteiger partial charge in [0.15, 0.2) is 0 Å². The number of ether oxygens (including phenoxy) is 1. The van der Waals surface area contributed by atoms with Crippen LogP contribution >= 0.6 is 0 Å². The molecule has 0 radical (unpaired) electrons. The zero-order valence-electron chi connectivity index (χ0n) is 10.8. The highest BCUT2D eigenvalue weighted by Gasteiger charge is 2.50. The van der Waals surface area contributed by atoms with Crippen LogP contribution in [0.5, 0.6) is 0 Å². The second-order valence-corrected chi connectivity index (χ2v) is 5.50. The van der Waals surface area contributed by atoms with Gasteiger partial charge >= 0.3 is 5.97 Å². The first-order valence-electron chi connectivity index (χ1n) is 6.67. The Labute approximate surface area is 103 Å². The number of carboxylic acids is 1. The minimum atomic E-state index is -0.643. The monoisotopic (exact) mass is 241 g/mol. The molecule has 2 aliphatic rings. The lowest BCUT2D eigenvalue weighted by molar-refractivity contribution is -0.166. The number of hydrogen-bond donors (Lipinski definition) is 1. The van der Waals surface area contributed by atoms with Gasteiger partial charge in [0.1, 0.15) is 5.54 Å². The van der Waals surface area contributed by atoms with Crippen LogP contribution in [0, 0.1) is 5.92 Å². The summed E-state index contributed by atoms with van der Waals surface area (Å²) in [7, 11) is 0. The summed E-state index contributed by atoms with van der Waals surface area (Å²) < 4.78 is 5.52. The van der Waals surface area contributed by atoms with Gasteiger partial charge in [-0.05, 0) is 25.7 Å². The molecule has 0 spiro atoms. The average molecular weight is 241 g/mol. The maximum absolute atomic E-state index is 11.8. The molecule has 17 heavy (non-hydrogen) atoms. The normalized spacial score (nSPS) is 40.1. The van der Waals surface area contributed by atoms with Gasteiger partial charge in [-0.2, -0.15) is 0 Å². The minimum Gasteiger partial charge on any atom is -0.480 e. The summed E-state index contributed by atoms with van der Waals surface area (Å²) in [5, 5.41) is 9.72. The third-order valence-electron chi connectivity index (χ3n) is 4.44. The molecule has 1 saturated carbocycles. The minimum absolute atomic E-state index is 0.147. The largest absolute Gasteiger partial charge is 0.480 e. The highest BCUT2D eigenvalue weighted by molar-refractivity contribution is 5.79. The molecule has 1 saturated heterocycles. The lowest BCUT2D eigenvalue weighted by Gasteiger charge is -2.49. The number of hydrogen-bond acceptors (Lipinski definition) is 3. The molecule has 0 bridgehead atoms. The van der Waals surface area contributed by atoms with Gasteiger partial charge in [0.05, 0.1) is 12.7 Å². The van der Waals surface area contributed by atoms with Gasteiger partial charge in [-0.3, -0.25) is 9.69 Å². The first-order chi connectivity index (χ1) is 8.07. The van der Waals surface area contributed by atoms with Gasteiger partial charge in [-0.1, -0.05) is 19.8 Å². The highest BCUT2D eigenvalue weighted by Crippen LogP contribution is 2.39. The zero-order chi connectivity index (χ0) is 12.5. The van der Waals surface area contributed by atoms with Crippen LogP contribution < -0.4 is 0 Å². The Morgan fingerprint density at radius 2 is 2.18 bits per heavy atom. The molecular formula is C13H23NO3. The van der Waals surface area contributed by atoms with Crippen LogP contribution in [0.2, 0.25) is 0 Å². The van der Waals surface area contributed by atoms with Gasteiger partial charge in [-0.15, -0.1) is 0 Å². The van der Waals surface area contributed by atoms with Gasteiger partial charge in [0, 0.05) is 13.1 Å². The lowest BCUT2D eigenvalue weighted by atomic mass is 9.72. The molecule has 2 rings (SSSR count). The quantitative estimate of drug-likeness (QED) is 0.800. The van der Waals surface area contributed by atoms with E-state index in [2.05, 4.69) is 11.8 Å². The van der Waals surface area contributed by atoms with Crippen LogP contribution in [0.1, 0.15) is 39.5 Å². The van der Waals surface area contributed by atoms with E-state index >= 15 is 0 Å². The Balaban J connectivity index is 2.23. The number of rotatable bonds is 2. The molecule has 98 valence electrons. The molecule has 2 fully saturated rings. The van der Waals surface area contributed by atoms with Crippen molar-refractivity contribution in [3.63, 3.8) is 0 Å². The van der Waals surface area contributed by atoms with E-state index in [9.17, 15) is 9.90 Å². The van der Waals surface area contributed by atoms with E-state index in [0.29, 0.717) is 6.61 Å². The molecule has 3 unspecified atom stereocenters. The summed E-state index contributed by atoms with van der Waals surface area (Å²) in [6.07, 6.45) is 4.15. The Kier molecular flexibility index (Phi) is 3.73. The molecule has 1 aliphatic heterocycles. The Morgan fingerprint density at radius 3 is 2.76 bits per heavy atom. The molecule has 4 nitrogen and oxygen atoms in total. The Hall–Kier alpha value is -0.610. The van der Waals surface area contributed by atoms with Gasteiger partial charge in [0.25, 0.3) is 0 Å². The second kappa shape index (κ2) is 4.94. The van der Waals surface area contributed by atoms with Crippen molar-refractivity contribution in [2.45, 2.75) is 51.2 Å². The first kappa shape index (κ1) is 12.8. The molecule has 0 aromatic rings. The molecule has 0 aromatic carbocycles. The third-order valence-corrected chi connectivity index (χ3v) is 4.44. The molecular weight excluding hydrogens is 218 g/mol. The topological polar surface area (TPSA) is 49.8 Å². The number of carboxylic acid groups (broad SMARTS) is 1. The Bertz CT molecular complexity index is 294. The van der Waals surface area contributed by atoms with Crippen LogP contribution in [-0.4, -0.2) is 47.3 Å². The number of morpholine rings is 1. The summed E-state index contributed by atoms with van der Waals surface area (Å²) >= 11 is 0. The van der Waals surface area contributed by atoms with Crippen molar-refractivity contribution in [3.8, 4) is 0 Å². The van der Waals surface area contributed by atoms with E-state index in [1.807, 2.05) is 6.92 Å². The number of carbonyl (C=O) groups is 1. The summed E-state index contributed by atoms with van der Waals surface area (Å²) in [5.41, 5.74) is -0.643. The van der Waals surface area contributed by atoms with Crippen molar-refractivity contribution in [1.82, 2.24) is 4.90 Å². The fourth-order valence-electron chi connectivity index (χ4n) is 3.43. The van der Waals surface area contributed by atoms with Crippen molar-refractivity contribution >= 4 is 5.97 Å². The second-order valence-electron chi connectivity index (χ2n) is 5.50. The standard InChI is InChI=1S/C13H23NO3/c1-10-5-3-4-6-13(10,12(15)16)14-7-8-17-11(2)9-14/h10-11H,3-9H2,1-2H3,(H,15,16). The van der Waals surface area contributed by atoms with Crippen molar-refractivity contribution < 1.29 is 14.6 Å². The van der Waals surface area contributed by atoms with Gasteiger partial charge in [-0.25, -0.2) is 0 Å². The van der Waals surface area contributed by atoms with E-state index in [1.165, 1.54) is 0 Å². The SMILES string of the molecule is CC1CN(C2(C(=O)O)CCCCC2C)CCO1. The van der Waals surface area contributed by atoms with Crippen LogP contribution in [0.15, 0.2) is 0 Å². The summed E-state index contributed by atoms with van der Waals surface area (Å²) in [6.45, 7) is 6.27. The summed E-state index contributed by atoms with van der Waals surface area (Å²) in [4.78, 5) is 14.0. The van der Waals surface area contributed by atoms with Crippen molar-refractivity contribution in [1.29, 1.82) is 0 Å². The first-order valence-corrected chi connectivity index (χ1v) is 6.67. The maximum atomic E-state index is 11.8. The van der Waals surface area contributed by atoms with Crippen molar-refractivity contribution in [3.05, 3.63) is 0 Å². The fourth-order valence-corrected chi connectivity index (χ4v) is 3.43. The Morgan fingerprint density at radius 1 is 1.41 bits per heavy atom. The smallest absolute Gasteiger partial charge is 0.324 e. The highest BCUT2D eigenvalue weighted by atomic mass is 16.5. The van der Waals surface area contributed by atoms with Crippen LogP contribution in [0.4, 0.5) is 0 Å². The maximum Gasteiger partial charge on any atom is 0.324 e. The van der Waals surface area contributed by atoms with Gasteiger partial charge in [0.2, 0.25) is 0 Å². The molecule has 1 aliphatic carbocycles. The van der Waals surface area contributed by atoms with Crippen molar-refractivity contribution in [2.24, 2.45) is 5.92 Å². The van der Waals surface area contributed by atoms with Gasteiger partial charge < -0.3 is 9.84 Å². The number of nitrogens with zero attached hydrogens (tertiary/aromatic N) is 1. The van der Waals surface area contributed by atoms with E-state index in [4.69, 9.17) is 4.74 Å². The van der Waals surface area contributed by atoms with E-state index in [0.717, 1.165) is 38.8 Å². The van der Waals surface area contributed by atoms with E-state index < -0.39 is 11.5 Å². The number of aliphatic carboxylic acids is 1. The molecule has 0 amide bonds. The predicted molar refractivity (Wildman–Crippen MR) is 65.0 cm³/mol. The zero-order valence-corrected chi connectivity index (χ0v) is 10.8. The van der Waals surface area contributed by atoms with Crippen LogP contribution in [-0.2, 0) is 9.53 Å². The predicted octanol–water partition coefficient (Wildman–Crippen LogP) is 1.74. The molecule has 0 aromatic heterocycles. The third kappa shape index (κ3) is 2.20. The fraction of sp³-hybridized carbons (Fsp3) is 0.923. The lowest BCUT2D eigenvalue weighted by Crippen LogP contribution is -2.63. The van der Waals surface area contributed by atoms with E-state index in [1.54, 1.807) is 0 Å². The van der Waals surface area contributed by atoms with Crippen molar-refractivity contribution in [2.75, 3.05) is 19.7 Å². The van der Waals surface area contributed by atoms with Crippen LogP contribution in [0.25, 0.3) is 0 Å². The molecule has 4 heteroatoms. The van der Waals surface area contributed by atoms with Crippen LogP contribution in [0.3, 0.4) is 0 Å². The summed E-state index contributed by atoms with van der Waals surface area (Å²) in [6, 6.07) is 0. The molecule has 1 N–H and O–H groups in total. The molecule has 1 heterocycles.